The highest BCUT2D eigenvalue weighted by atomic mass is 32.2. The summed E-state index contributed by atoms with van der Waals surface area (Å²) in [4.78, 5) is 0.302. The SMILES string of the molecule is Cc1ccc(S(=O)(=O)NC2(C)CC2)cc1CN. The summed E-state index contributed by atoms with van der Waals surface area (Å²) in [6, 6.07) is 5.08. The van der Waals surface area contributed by atoms with Gasteiger partial charge in [0.1, 0.15) is 0 Å². The molecule has 0 unspecified atom stereocenters. The van der Waals surface area contributed by atoms with E-state index in [1.165, 1.54) is 0 Å². The van der Waals surface area contributed by atoms with Crippen molar-refractivity contribution in [3.8, 4) is 0 Å². The first kappa shape index (κ1) is 12.5. The van der Waals surface area contributed by atoms with E-state index in [2.05, 4.69) is 4.72 Å². The second-order valence-electron chi connectivity index (χ2n) is 4.96. The quantitative estimate of drug-likeness (QED) is 0.850. The minimum absolute atomic E-state index is 0.243. The highest BCUT2D eigenvalue weighted by molar-refractivity contribution is 7.89. The van der Waals surface area contributed by atoms with Gasteiger partial charge in [0.05, 0.1) is 4.90 Å². The zero-order chi connectivity index (χ0) is 12.7. The molecule has 0 aromatic heterocycles. The van der Waals surface area contributed by atoms with Crippen LogP contribution in [0.5, 0.6) is 0 Å². The molecule has 1 aliphatic carbocycles. The number of sulfonamides is 1. The van der Waals surface area contributed by atoms with E-state index in [0.29, 0.717) is 11.4 Å². The second kappa shape index (κ2) is 4.08. The van der Waals surface area contributed by atoms with Crippen LogP contribution in [0.25, 0.3) is 0 Å². The number of nitrogens with one attached hydrogen (secondary N) is 1. The average Bonchev–Trinajstić information content (AvgIpc) is 2.95. The van der Waals surface area contributed by atoms with Crippen molar-refractivity contribution in [2.45, 2.75) is 43.7 Å². The standard InChI is InChI=1S/C12H18N2O2S/c1-9-3-4-11(7-10(9)8-13)17(15,16)14-12(2)5-6-12/h3-4,7,14H,5-6,8,13H2,1-2H3. The lowest BCUT2D eigenvalue weighted by Gasteiger charge is -2.13. The Morgan fingerprint density at radius 2 is 2.06 bits per heavy atom. The molecule has 1 saturated carbocycles. The van der Waals surface area contributed by atoms with Gasteiger partial charge in [0.2, 0.25) is 10.0 Å². The predicted molar refractivity (Wildman–Crippen MR) is 67.0 cm³/mol. The first-order chi connectivity index (χ1) is 7.86. The first-order valence-electron chi connectivity index (χ1n) is 5.70. The van der Waals surface area contributed by atoms with E-state index < -0.39 is 10.0 Å². The van der Waals surface area contributed by atoms with E-state index in [9.17, 15) is 8.42 Å². The number of hydrogen-bond donors (Lipinski definition) is 2. The van der Waals surface area contributed by atoms with E-state index in [1.54, 1.807) is 18.2 Å². The van der Waals surface area contributed by atoms with E-state index in [0.717, 1.165) is 24.0 Å². The van der Waals surface area contributed by atoms with Crippen LogP contribution in [0.4, 0.5) is 0 Å². The Labute approximate surface area is 102 Å². The van der Waals surface area contributed by atoms with Gasteiger partial charge in [0, 0.05) is 12.1 Å². The number of benzene rings is 1. The van der Waals surface area contributed by atoms with Gasteiger partial charge in [-0.2, -0.15) is 0 Å². The van der Waals surface area contributed by atoms with Gasteiger partial charge in [-0.25, -0.2) is 13.1 Å². The molecule has 4 nitrogen and oxygen atoms in total. The van der Waals surface area contributed by atoms with Crippen LogP contribution in [0.3, 0.4) is 0 Å². The summed E-state index contributed by atoms with van der Waals surface area (Å²) in [5.74, 6) is 0. The first-order valence-corrected chi connectivity index (χ1v) is 7.18. The Bertz CT molecular complexity index is 533. The average molecular weight is 254 g/mol. The topological polar surface area (TPSA) is 72.2 Å². The molecule has 0 heterocycles. The predicted octanol–water partition coefficient (Wildman–Crippen LogP) is 1.28. The number of hydrogen-bond acceptors (Lipinski definition) is 3. The summed E-state index contributed by atoms with van der Waals surface area (Å²) < 4.78 is 27.0. The molecule has 0 bridgehead atoms. The molecule has 1 aromatic rings. The van der Waals surface area contributed by atoms with Crippen LogP contribution in [0.2, 0.25) is 0 Å². The smallest absolute Gasteiger partial charge is 0.241 e. The van der Waals surface area contributed by atoms with Crippen LogP contribution in [0.1, 0.15) is 30.9 Å². The molecule has 1 aliphatic rings. The van der Waals surface area contributed by atoms with Crippen molar-refractivity contribution in [3.05, 3.63) is 29.3 Å². The molecule has 1 fully saturated rings. The molecule has 2 rings (SSSR count). The lowest BCUT2D eigenvalue weighted by molar-refractivity contribution is 0.558. The van der Waals surface area contributed by atoms with Crippen molar-refractivity contribution >= 4 is 10.0 Å². The molecule has 0 saturated heterocycles. The fraction of sp³-hybridized carbons (Fsp3) is 0.500. The summed E-state index contributed by atoms with van der Waals surface area (Å²) in [6.07, 6.45) is 1.81. The number of rotatable bonds is 4. The minimum atomic E-state index is -3.41. The summed E-state index contributed by atoms with van der Waals surface area (Å²) in [7, 11) is -3.41. The molecule has 0 aliphatic heterocycles. The molecule has 0 radical (unpaired) electrons. The van der Waals surface area contributed by atoms with Gasteiger partial charge < -0.3 is 5.73 Å². The van der Waals surface area contributed by atoms with E-state index >= 15 is 0 Å². The van der Waals surface area contributed by atoms with Gasteiger partial charge in [0.25, 0.3) is 0 Å². The van der Waals surface area contributed by atoms with Crippen molar-refractivity contribution in [1.29, 1.82) is 0 Å². The van der Waals surface area contributed by atoms with Gasteiger partial charge in [-0.3, -0.25) is 0 Å². The van der Waals surface area contributed by atoms with Crippen LogP contribution in [-0.4, -0.2) is 14.0 Å². The molecule has 94 valence electrons. The van der Waals surface area contributed by atoms with Crippen molar-refractivity contribution < 1.29 is 8.42 Å². The Hall–Kier alpha value is -0.910. The monoisotopic (exact) mass is 254 g/mol. The van der Waals surface area contributed by atoms with Crippen molar-refractivity contribution in [1.82, 2.24) is 4.72 Å². The Kier molecular flexibility index (Phi) is 3.01. The van der Waals surface area contributed by atoms with Gasteiger partial charge in [-0.05, 0) is 49.9 Å². The highest BCUT2D eigenvalue weighted by Crippen LogP contribution is 2.36. The highest BCUT2D eigenvalue weighted by Gasteiger charge is 2.41. The third kappa shape index (κ3) is 2.68. The summed E-state index contributed by atoms with van der Waals surface area (Å²) in [5, 5.41) is 0. The number of nitrogens with two attached hydrogens (primary N) is 1. The van der Waals surface area contributed by atoms with E-state index in [4.69, 9.17) is 5.73 Å². The molecule has 17 heavy (non-hydrogen) atoms. The van der Waals surface area contributed by atoms with Crippen LogP contribution in [-0.2, 0) is 16.6 Å². The molecular formula is C12H18N2O2S. The van der Waals surface area contributed by atoms with Gasteiger partial charge >= 0.3 is 0 Å². The van der Waals surface area contributed by atoms with Crippen molar-refractivity contribution in [2.24, 2.45) is 5.73 Å². The van der Waals surface area contributed by atoms with Crippen molar-refractivity contribution in [3.63, 3.8) is 0 Å². The summed E-state index contributed by atoms with van der Waals surface area (Å²) in [6.45, 7) is 4.20. The van der Waals surface area contributed by atoms with Crippen LogP contribution in [0, 0.1) is 6.92 Å². The molecule has 0 atom stereocenters. The Morgan fingerprint density at radius 1 is 1.41 bits per heavy atom. The van der Waals surface area contributed by atoms with Crippen LogP contribution >= 0.6 is 0 Å². The maximum absolute atomic E-state index is 12.1. The molecular weight excluding hydrogens is 236 g/mol. The largest absolute Gasteiger partial charge is 0.326 e. The fourth-order valence-corrected chi connectivity index (χ4v) is 3.22. The maximum Gasteiger partial charge on any atom is 0.241 e. The van der Waals surface area contributed by atoms with E-state index in [1.807, 2.05) is 13.8 Å². The van der Waals surface area contributed by atoms with Crippen LogP contribution in [0.15, 0.2) is 23.1 Å². The molecule has 5 heteroatoms. The zero-order valence-corrected chi connectivity index (χ0v) is 11.0. The number of aryl methyl sites for hydroxylation is 1. The van der Waals surface area contributed by atoms with Gasteiger partial charge in [-0.15, -0.1) is 0 Å². The summed E-state index contributed by atoms with van der Waals surface area (Å²) in [5.41, 5.74) is 7.23. The zero-order valence-electron chi connectivity index (χ0n) is 10.2. The molecule has 0 spiro atoms. The Morgan fingerprint density at radius 3 is 2.59 bits per heavy atom. The Balaban J connectivity index is 2.32. The maximum atomic E-state index is 12.1. The lowest BCUT2D eigenvalue weighted by Crippen LogP contribution is -2.34. The second-order valence-corrected chi connectivity index (χ2v) is 6.64. The van der Waals surface area contributed by atoms with E-state index in [-0.39, 0.29) is 5.54 Å². The van der Waals surface area contributed by atoms with Crippen molar-refractivity contribution in [2.75, 3.05) is 0 Å². The normalized spacial score (nSPS) is 18.1. The van der Waals surface area contributed by atoms with Gasteiger partial charge in [-0.1, -0.05) is 6.07 Å². The molecule has 1 aromatic carbocycles. The molecule has 0 amide bonds. The van der Waals surface area contributed by atoms with Crippen LogP contribution < -0.4 is 10.5 Å². The fourth-order valence-electron chi connectivity index (χ4n) is 1.71. The van der Waals surface area contributed by atoms with Gasteiger partial charge in [0.15, 0.2) is 0 Å². The molecule has 3 N–H and O–H groups in total. The third-order valence-corrected chi connectivity index (χ3v) is 4.87. The summed E-state index contributed by atoms with van der Waals surface area (Å²) >= 11 is 0. The minimum Gasteiger partial charge on any atom is -0.326 e. The third-order valence-electron chi connectivity index (χ3n) is 3.23. The lowest BCUT2D eigenvalue weighted by atomic mass is 10.1.